The number of ether oxygens (including phenoxy) is 1. The summed E-state index contributed by atoms with van der Waals surface area (Å²) < 4.78 is 5.28. The van der Waals surface area contributed by atoms with Gasteiger partial charge in [-0.15, -0.1) is 11.3 Å². The van der Waals surface area contributed by atoms with Gasteiger partial charge in [0, 0.05) is 36.3 Å². The van der Waals surface area contributed by atoms with Gasteiger partial charge in [-0.1, -0.05) is 24.3 Å². The fraction of sp³-hybridized carbons (Fsp3) is 0.273. The molecule has 1 fully saturated rings. The van der Waals surface area contributed by atoms with Crippen molar-refractivity contribution in [2.45, 2.75) is 18.9 Å². The first kappa shape index (κ1) is 18.5. The summed E-state index contributed by atoms with van der Waals surface area (Å²) >= 11 is 1.66. The molecule has 28 heavy (non-hydrogen) atoms. The van der Waals surface area contributed by atoms with Crippen LogP contribution in [0.2, 0.25) is 0 Å². The number of thiazole rings is 1. The van der Waals surface area contributed by atoms with E-state index in [0.717, 1.165) is 47.9 Å². The Kier molecular flexibility index (Phi) is 5.58. The Morgan fingerprint density at radius 3 is 2.61 bits per heavy atom. The molecule has 6 heteroatoms. The maximum Gasteiger partial charge on any atom is 0.251 e. The topological polar surface area (TPSA) is 54.5 Å². The molecule has 0 radical (unpaired) electrons. The number of hydrogen-bond donors (Lipinski definition) is 1. The van der Waals surface area contributed by atoms with Gasteiger partial charge in [-0.05, 0) is 48.2 Å². The first-order valence-electron chi connectivity index (χ1n) is 9.43. The lowest BCUT2D eigenvalue weighted by atomic mass is 10.0. The quantitative estimate of drug-likeness (QED) is 0.705. The van der Waals surface area contributed by atoms with Crippen molar-refractivity contribution in [3.63, 3.8) is 0 Å². The number of hydrogen-bond acceptors (Lipinski definition) is 5. The van der Waals surface area contributed by atoms with Gasteiger partial charge in [-0.25, -0.2) is 4.98 Å². The van der Waals surface area contributed by atoms with E-state index in [2.05, 4.69) is 15.2 Å². The van der Waals surface area contributed by atoms with E-state index in [1.807, 2.05) is 60.1 Å². The van der Waals surface area contributed by atoms with Crippen LogP contribution >= 0.6 is 11.3 Å². The summed E-state index contributed by atoms with van der Waals surface area (Å²) in [5.74, 6) is 0.813. The Morgan fingerprint density at radius 2 is 1.93 bits per heavy atom. The summed E-state index contributed by atoms with van der Waals surface area (Å²) in [5.41, 5.74) is 2.82. The van der Waals surface area contributed by atoms with E-state index >= 15 is 0 Å². The molecule has 0 aliphatic carbocycles. The predicted molar refractivity (Wildman–Crippen MR) is 113 cm³/mol. The van der Waals surface area contributed by atoms with Gasteiger partial charge < -0.3 is 15.0 Å². The molecule has 0 saturated carbocycles. The maximum absolute atomic E-state index is 12.6. The highest BCUT2D eigenvalue weighted by atomic mass is 32.1. The second kappa shape index (κ2) is 8.44. The van der Waals surface area contributed by atoms with Gasteiger partial charge in [-0.2, -0.15) is 0 Å². The number of benzene rings is 2. The van der Waals surface area contributed by atoms with Crippen LogP contribution in [0.3, 0.4) is 0 Å². The monoisotopic (exact) mass is 393 g/mol. The summed E-state index contributed by atoms with van der Waals surface area (Å²) in [6.07, 6.45) is 3.71. The molecule has 1 amide bonds. The molecule has 3 aromatic rings. The van der Waals surface area contributed by atoms with Gasteiger partial charge in [0.15, 0.2) is 5.13 Å². The zero-order valence-electron chi connectivity index (χ0n) is 15.8. The zero-order valence-corrected chi connectivity index (χ0v) is 16.6. The molecular weight excluding hydrogens is 370 g/mol. The molecular formula is C22H23N3O2S. The number of aromatic nitrogens is 1. The van der Waals surface area contributed by atoms with Gasteiger partial charge >= 0.3 is 0 Å². The first-order valence-corrected chi connectivity index (χ1v) is 10.3. The van der Waals surface area contributed by atoms with Crippen molar-refractivity contribution in [2.75, 3.05) is 25.1 Å². The number of methoxy groups -OCH3 is 1. The van der Waals surface area contributed by atoms with Crippen molar-refractivity contribution in [2.24, 2.45) is 0 Å². The van der Waals surface area contributed by atoms with Gasteiger partial charge in [0.2, 0.25) is 0 Å². The molecule has 2 heterocycles. The standard InChI is InChI=1S/C22H23N3O2S/c1-27-20-4-2-3-18(15-20)16-5-7-17(8-6-16)21(26)24-19-9-12-25(13-10-19)22-23-11-14-28-22/h2-8,11,14-15,19H,9-10,12-13H2,1H3,(H,24,26). The molecule has 0 atom stereocenters. The van der Waals surface area contributed by atoms with E-state index in [9.17, 15) is 4.79 Å². The normalized spacial score (nSPS) is 14.7. The van der Waals surface area contributed by atoms with E-state index in [-0.39, 0.29) is 11.9 Å². The Morgan fingerprint density at radius 1 is 1.14 bits per heavy atom. The highest BCUT2D eigenvalue weighted by molar-refractivity contribution is 7.13. The van der Waals surface area contributed by atoms with Crippen molar-refractivity contribution < 1.29 is 9.53 Å². The molecule has 144 valence electrons. The highest BCUT2D eigenvalue weighted by Crippen LogP contribution is 2.25. The van der Waals surface area contributed by atoms with Crippen LogP contribution in [-0.2, 0) is 0 Å². The molecule has 2 aromatic carbocycles. The smallest absolute Gasteiger partial charge is 0.251 e. The van der Waals surface area contributed by atoms with E-state index in [0.29, 0.717) is 5.56 Å². The van der Waals surface area contributed by atoms with Crippen LogP contribution in [0.5, 0.6) is 5.75 Å². The van der Waals surface area contributed by atoms with Crippen molar-refractivity contribution >= 4 is 22.4 Å². The highest BCUT2D eigenvalue weighted by Gasteiger charge is 2.22. The average molecular weight is 394 g/mol. The van der Waals surface area contributed by atoms with Crippen LogP contribution in [0.4, 0.5) is 5.13 Å². The number of nitrogens with one attached hydrogen (secondary N) is 1. The number of rotatable bonds is 5. The second-order valence-corrected chi connectivity index (χ2v) is 7.73. The van der Waals surface area contributed by atoms with E-state index in [4.69, 9.17) is 4.74 Å². The largest absolute Gasteiger partial charge is 0.497 e. The van der Waals surface area contributed by atoms with Crippen LogP contribution in [-0.4, -0.2) is 37.1 Å². The van der Waals surface area contributed by atoms with Gasteiger partial charge in [0.1, 0.15) is 5.75 Å². The SMILES string of the molecule is COc1cccc(-c2ccc(C(=O)NC3CCN(c4nccs4)CC3)cc2)c1. The fourth-order valence-electron chi connectivity index (χ4n) is 3.47. The molecule has 0 unspecified atom stereocenters. The summed E-state index contributed by atoms with van der Waals surface area (Å²) in [6, 6.07) is 15.9. The van der Waals surface area contributed by atoms with E-state index in [1.54, 1.807) is 18.4 Å². The number of anilines is 1. The lowest BCUT2D eigenvalue weighted by Crippen LogP contribution is -2.44. The molecule has 4 rings (SSSR count). The molecule has 1 N–H and O–H groups in total. The molecule has 1 saturated heterocycles. The van der Waals surface area contributed by atoms with Crippen molar-refractivity contribution in [3.8, 4) is 16.9 Å². The molecule has 0 spiro atoms. The van der Waals surface area contributed by atoms with Crippen LogP contribution in [0.15, 0.2) is 60.1 Å². The maximum atomic E-state index is 12.6. The van der Waals surface area contributed by atoms with E-state index < -0.39 is 0 Å². The molecule has 1 aliphatic rings. The van der Waals surface area contributed by atoms with Crippen LogP contribution < -0.4 is 15.0 Å². The molecule has 1 aromatic heterocycles. The number of nitrogens with zero attached hydrogens (tertiary/aromatic N) is 2. The Labute approximate surface area is 169 Å². The predicted octanol–water partition coefficient (Wildman–Crippen LogP) is 4.22. The van der Waals surface area contributed by atoms with Gasteiger partial charge in [0.05, 0.1) is 7.11 Å². The minimum absolute atomic E-state index is 0.00936. The molecule has 1 aliphatic heterocycles. The minimum Gasteiger partial charge on any atom is -0.497 e. The lowest BCUT2D eigenvalue weighted by Gasteiger charge is -2.32. The second-order valence-electron chi connectivity index (χ2n) is 6.86. The van der Waals surface area contributed by atoms with Crippen molar-refractivity contribution in [1.29, 1.82) is 0 Å². The number of carbonyl (C=O) groups is 1. The number of piperidine rings is 1. The third-order valence-corrected chi connectivity index (χ3v) is 5.90. The van der Waals surface area contributed by atoms with Crippen molar-refractivity contribution in [1.82, 2.24) is 10.3 Å². The lowest BCUT2D eigenvalue weighted by molar-refractivity contribution is 0.0931. The Balaban J connectivity index is 1.35. The summed E-state index contributed by atoms with van der Waals surface area (Å²) in [7, 11) is 1.66. The summed E-state index contributed by atoms with van der Waals surface area (Å²) in [4.78, 5) is 19.3. The van der Waals surface area contributed by atoms with Crippen molar-refractivity contribution in [3.05, 3.63) is 65.7 Å². The molecule has 5 nitrogen and oxygen atoms in total. The Bertz CT molecular complexity index is 917. The third-order valence-electron chi connectivity index (χ3n) is 5.07. The van der Waals surface area contributed by atoms with Gasteiger partial charge in [0.25, 0.3) is 5.91 Å². The van der Waals surface area contributed by atoms with E-state index in [1.165, 1.54) is 0 Å². The summed E-state index contributed by atoms with van der Waals surface area (Å²) in [5, 5.41) is 6.24. The van der Waals surface area contributed by atoms with Gasteiger partial charge in [-0.3, -0.25) is 4.79 Å². The molecule has 0 bridgehead atoms. The number of carbonyl (C=O) groups excluding carboxylic acids is 1. The Hall–Kier alpha value is -2.86. The number of amides is 1. The summed E-state index contributed by atoms with van der Waals surface area (Å²) in [6.45, 7) is 1.85. The van der Waals surface area contributed by atoms with Crippen LogP contribution in [0.25, 0.3) is 11.1 Å². The minimum atomic E-state index is -0.00936. The first-order chi connectivity index (χ1) is 13.7. The fourth-order valence-corrected chi connectivity index (χ4v) is 4.17. The third kappa shape index (κ3) is 4.17. The zero-order chi connectivity index (χ0) is 19.3. The average Bonchev–Trinajstić information content (AvgIpc) is 3.29. The van der Waals surface area contributed by atoms with Crippen LogP contribution in [0, 0.1) is 0 Å². The van der Waals surface area contributed by atoms with Crippen LogP contribution in [0.1, 0.15) is 23.2 Å².